The minimum Gasteiger partial charge on any atom is -0.469 e. The number of H-pyrrole nitrogens is 1. The quantitative estimate of drug-likeness (QED) is 0.560. The number of carbonyl (C=O) groups is 1. The second-order valence-electron chi connectivity index (χ2n) is 7.03. The maximum Gasteiger partial charge on any atom is 0.314 e. The standard InChI is InChI=1S/C20H19Cl2N3O4S/c1-29-20(26)16-10-25(30(27,28)23-9-12-3-2-4-13(21)7-12)11-18-19(16)15-8-14(22)5-6-17(15)24-18/h2-8,16,23-24H,9-11H2,1H3. The van der Waals surface area contributed by atoms with Crippen molar-refractivity contribution in [2.24, 2.45) is 0 Å². The van der Waals surface area contributed by atoms with Gasteiger partial charge in [0.05, 0.1) is 19.6 Å². The van der Waals surface area contributed by atoms with E-state index in [1.807, 2.05) is 0 Å². The smallest absolute Gasteiger partial charge is 0.314 e. The van der Waals surface area contributed by atoms with E-state index in [0.717, 1.165) is 22.0 Å². The van der Waals surface area contributed by atoms with Gasteiger partial charge in [-0.3, -0.25) is 4.79 Å². The van der Waals surface area contributed by atoms with Crippen molar-refractivity contribution in [2.45, 2.75) is 19.0 Å². The summed E-state index contributed by atoms with van der Waals surface area (Å²) in [4.78, 5) is 15.7. The molecule has 0 spiro atoms. The maximum absolute atomic E-state index is 13.0. The highest BCUT2D eigenvalue weighted by molar-refractivity contribution is 7.87. The van der Waals surface area contributed by atoms with Gasteiger partial charge in [0.2, 0.25) is 0 Å². The zero-order chi connectivity index (χ0) is 21.5. The molecule has 0 amide bonds. The molecular weight excluding hydrogens is 449 g/mol. The molecule has 0 bridgehead atoms. The average molecular weight is 468 g/mol. The predicted molar refractivity (Wildman–Crippen MR) is 116 cm³/mol. The number of nitrogens with one attached hydrogen (secondary N) is 2. The molecule has 3 aromatic rings. The predicted octanol–water partition coefficient (Wildman–Crippen LogP) is 3.58. The molecule has 1 aliphatic rings. The Balaban J connectivity index is 1.66. The summed E-state index contributed by atoms with van der Waals surface area (Å²) >= 11 is 12.1. The normalized spacial score (nSPS) is 17.1. The highest BCUT2D eigenvalue weighted by Crippen LogP contribution is 2.37. The first-order chi connectivity index (χ1) is 14.3. The maximum atomic E-state index is 13.0. The highest BCUT2D eigenvalue weighted by atomic mass is 35.5. The third-order valence-corrected chi connectivity index (χ3v) is 7.06. The summed E-state index contributed by atoms with van der Waals surface area (Å²) < 4.78 is 34.7. The number of esters is 1. The van der Waals surface area contributed by atoms with Crippen LogP contribution in [0.15, 0.2) is 42.5 Å². The number of hydrogen-bond acceptors (Lipinski definition) is 4. The van der Waals surface area contributed by atoms with Gasteiger partial charge in [0.15, 0.2) is 0 Å². The number of aromatic amines is 1. The fraction of sp³-hybridized carbons (Fsp3) is 0.250. The first-order valence-corrected chi connectivity index (χ1v) is 11.3. The van der Waals surface area contributed by atoms with E-state index in [1.54, 1.807) is 42.5 Å². The number of aromatic nitrogens is 1. The molecule has 0 fully saturated rings. The van der Waals surface area contributed by atoms with Gasteiger partial charge in [-0.2, -0.15) is 17.4 Å². The Kier molecular flexibility index (Phi) is 5.78. The van der Waals surface area contributed by atoms with Gasteiger partial charge in [-0.1, -0.05) is 35.3 Å². The molecule has 10 heteroatoms. The lowest BCUT2D eigenvalue weighted by Crippen LogP contribution is -2.45. The van der Waals surface area contributed by atoms with Crippen LogP contribution in [-0.4, -0.2) is 37.3 Å². The van der Waals surface area contributed by atoms with E-state index in [-0.39, 0.29) is 19.6 Å². The average Bonchev–Trinajstić information content (AvgIpc) is 3.09. The minimum absolute atomic E-state index is 0.0377. The van der Waals surface area contributed by atoms with Crippen molar-refractivity contribution in [1.82, 2.24) is 14.0 Å². The van der Waals surface area contributed by atoms with Crippen LogP contribution in [0.2, 0.25) is 10.0 Å². The molecule has 2 N–H and O–H groups in total. The second-order valence-corrected chi connectivity index (χ2v) is 9.66. The molecule has 4 rings (SSSR count). The van der Waals surface area contributed by atoms with Gasteiger partial charge in [0, 0.05) is 39.7 Å². The summed E-state index contributed by atoms with van der Waals surface area (Å²) in [5.41, 5.74) is 2.88. The van der Waals surface area contributed by atoms with Gasteiger partial charge >= 0.3 is 5.97 Å². The molecule has 0 saturated heterocycles. The number of rotatable bonds is 5. The van der Waals surface area contributed by atoms with Gasteiger partial charge in [0.1, 0.15) is 0 Å². The van der Waals surface area contributed by atoms with Crippen LogP contribution in [0.25, 0.3) is 10.9 Å². The lowest BCUT2D eigenvalue weighted by atomic mass is 9.93. The van der Waals surface area contributed by atoms with Crippen molar-refractivity contribution in [1.29, 1.82) is 0 Å². The summed E-state index contributed by atoms with van der Waals surface area (Å²) in [6, 6.07) is 12.2. The molecule has 1 unspecified atom stereocenters. The molecule has 1 aromatic heterocycles. The van der Waals surface area contributed by atoms with Crippen molar-refractivity contribution >= 4 is 50.3 Å². The van der Waals surface area contributed by atoms with E-state index in [0.29, 0.717) is 15.7 Å². The molecule has 0 aliphatic carbocycles. The number of methoxy groups -OCH3 is 1. The van der Waals surface area contributed by atoms with Crippen molar-refractivity contribution in [2.75, 3.05) is 13.7 Å². The molecule has 2 aromatic carbocycles. The Labute approximate surface area is 184 Å². The molecule has 158 valence electrons. The Morgan fingerprint density at radius 1 is 1.23 bits per heavy atom. The number of halogens is 2. The van der Waals surface area contributed by atoms with E-state index < -0.39 is 22.1 Å². The van der Waals surface area contributed by atoms with Crippen LogP contribution in [0.5, 0.6) is 0 Å². The number of ether oxygens (including phenoxy) is 1. The number of nitrogens with zero attached hydrogens (tertiary/aromatic N) is 1. The number of fused-ring (bicyclic) bond motifs is 3. The summed E-state index contributed by atoms with van der Waals surface area (Å²) in [6.07, 6.45) is 0. The first-order valence-electron chi connectivity index (χ1n) is 9.15. The Morgan fingerprint density at radius 2 is 2.00 bits per heavy atom. The van der Waals surface area contributed by atoms with Gasteiger partial charge in [-0.05, 0) is 41.5 Å². The number of carbonyl (C=O) groups excluding carboxylic acids is 1. The van der Waals surface area contributed by atoms with Gasteiger partial charge < -0.3 is 9.72 Å². The van der Waals surface area contributed by atoms with Crippen LogP contribution in [-0.2, 0) is 32.8 Å². The van der Waals surface area contributed by atoms with Crippen molar-refractivity contribution in [3.63, 3.8) is 0 Å². The summed E-state index contributed by atoms with van der Waals surface area (Å²) in [7, 11) is -2.58. The summed E-state index contributed by atoms with van der Waals surface area (Å²) in [6.45, 7) is 0.140. The molecular formula is C20H19Cl2N3O4S. The first kappa shape index (κ1) is 21.1. The monoisotopic (exact) mass is 467 g/mol. The van der Waals surface area contributed by atoms with Gasteiger partial charge in [-0.25, -0.2) is 0 Å². The van der Waals surface area contributed by atoms with E-state index in [2.05, 4.69) is 9.71 Å². The SMILES string of the molecule is COC(=O)C1CN(S(=O)(=O)NCc2cccc(Cl)c2)Cc2[nH]c3ccc(Cl)cc3c21. The van der Waals surface area contributed by atoms with Crippen LogP contribution in [0.1, 0.15) is 22.7 Å². The Hall–Kier alpha value is -2.10. The topological polar surface area (TPSA) is 91.5 Å². The zero-order valence-electron chi connectivity index (χ0n) is 16.0. The number of hydrogen-bond donors (Lipinski definition) is 2. The molecule has 0 saturated carbocycles. The lowest BCUT2D eigenvalue weighted by Gasteiger charge is -2.31. The van der Waals surface area contributed by atoms with E-state index in [9.17, 15) is 13.2 Å². The van der Waals surface area contributed by atoms with Crippen molar-refractivity contribution in [3.05, 3.63) is 69.3 Å². The van der Waals surface area contributed by atoms with Gasteiger partial charge in [0.25, 0.3) is 10.2 Å². The van der Waals surface area contributed by atoms with Gasteiger partial charge in [-0.15, -0.1) is 0 Å². The highest BCUT2D eigenvalue weighted by Gasteiger charge is 2.38. The van der Waals surface area contributed by atoms with E-state index in [1.165, 1.54) is 11.4 Å². The summed E-state index contributed by atoms with van der Waals surface area (Å²) in [5.74, 6) is -1.28. The fourth-order valence-electron chi connectivity index (χ4n) is 3.73. The molecule has 7 nitrogen and oxygen atoms in total. The third kappa shape index (κ3) is 4.06. The Bertz CT molecular complexity index is 1230. The van der Waals surface area contributed by atoms with Crippen molar-refractivity contribution in [3.8, 4) is 0 Å². The third-order valence-electron chi connectivity index (χ3n) is 5.12. The van der Waals surface area contributed by atoms with Crippen LogP contribution < -0.4 is 4.72 Å². The molecule has 1 atom stereocenters. The Morgan fingerprint density at radius 3 is 2.73 bits per heavy atom. The van der Waals surface area contributed by atoms with Crippen LogP contribution in [0, 0.1) is 0 Å². The van der Waals surface area contributed by atoms with Crippen molar-refractivity contribution < 1.29 is 17.9 Å². The van der Waals surface area contributed by atoms with Crippen LogP contribution in [0.4, 0.5) is 0 Å². The molecule has 2 heterocycles. The van der Waals surface area contributed by atoms with Crippen LogP contribution in [0.3, 0.4) is 0 Å². The summed E-state index contributed by atoms with van der Waals surface area (Å²) in [5, 5.41) is 1.85. The minimum atomic E-state index is -3.87. The molecule has 1 aliphatic heterocycles. The fourth-order valence-corrected chi connectivity index (χ4v) is 5.29. The van der Waals surface area contributed by atoms with E-state index >= 15 is 0 Å². The van der Waals surface area contributed by atoms with E-state index in [4.69, 9.17) is 27.9 Å². The molecule has 0 radical (unpaired) electrons. The van der Waals surface area contributed by atoms with Crippen LogP contribution >= 0.6 is 23.2 Å². The lowest BCUT2D eigenvalue weighted by molar-refractivity contribution is -0.142. The largest absolute Gasteiger partial charge is 0.469 e. The number of benzene rings is 2. The zero-order valence-corrected chi connectivity index (χ0v) is 18.3. The molecule has 30 heavy (non-hydrogen) atoms. The second kappa shape index (κ2) is 8.20.